The number of hydrogen-bond acceptors (Lipinski definition) is 4. The number of rotatable bonds is 2. The third kappa shape index (κ3) is 1.75. The van der Waals surface area contributed by atoms with Crippen molar-refractivity contribution < 1.29 is 9.84 Å². The average Bonchev–Trinajstić information content (AvgIpc) is 2.69. The van der Waals surface area contributed by atoms with E-state index in [1.165, 1.54) is 0 Å². The molecule has 0 aliphatic carbocycles. The maximum Gasteiger partial charge on any atom is 0.125 e. The van der Waals surface area contributed by atoms with E-state index in [-0.39, 0.29) is 0 Å². The van der Waals surface area contributed by atoms with Gasteiger partial charge in [-0.15, -0.1) is 0 Å². The molecule has 1 unspecified atom stereocenters. The van der Waals surface area contributed by atoms with Crippen molar-refractivity contribution >= 4 is 0 Å². The maximum atomic E-state index is 9.91. The van der Waals surface area contributed by atoms with E-state index in [9.17, 15) is 5.11 Å². The maximum absolute atomic E-state index is 9.91. The van der Waals surface area contributed by atoms with Gasteiger partial charge in [-0.1, -0.05) is 0 Å². The first kappa shape index (κ1) is 9.15. The van der Waals surface area contributed by atoms with Crippen LogP contribution in [0.3, 0.4) is 0 Å². The summed E-state index contributed by atoms with van der Waals surface area (Å²) in [6.45, 7) is 2.45. The van der Waals surface area contributed by atoms with Crippen molar-refractivity contribution in [3.8, 4) is 0 Å². The lowest BCUT2D eigenvalue weighted by atomic mass is 10.1. The van der Waals surface area contributed by atoms with Crippen LogP contribution in [-0.4, -0.2) is 21.7 Å². The molecular weight excluding hydrogens is 180 g/mol. The monoisotopic (exact) mass is 192 g/mol. The first-order chi connectivity index (χ1) is 6.77. The number of ether oxygens (including phenoxy) is 1. The first-order valence-corrected chi connectivity index (χ1v) is 4.55. The van der Waals surface area contributed by atoms with Gasteiger partial charge in [-0.2, -0.15) is 0 Å². The predicted molar refractivity (Wildman–Crippen MR) is 50.4 cm³/mol. The van der Waals surface area contributed by atoms with Crippen molar-refractivity contribution in [1.29, 1.82) is 0 Å². The zero-order valence-electron chi connectivity index (χ0n) is 7.97. The minimum atomic E-state index is -0.654. The normalized spacial score (nSPS) is 17.4. The van der Waals surface area contributed by atoms with E-state index < -0.39 is 6.10 Å². The summed E-state index contributed by atoms with van der Waals surface area (Å²) < 4.78 is 5.06. The smallest absolute Gasteiger partial charge is 0.125 e. The molecule has 2 rings (SSSR count). The Morgan fingerprint density at radius 3 is 3.07 bits per heavy atom. The summed E-state index contributed by atoms with van der Waals surface area (Å²) >= 11 is 0. The van der Waals surface area contributed by atoms with Gasteiger partial charge < -0.3 is 9.84 Å². The largest absolute Gasteiger partial charge is 0.501 e. The minimum Gasteiger partial charge on any atom is -0.501 e. The van der Waals surface area contributed by atoms with E-state index in [2.05, 4.69) is 9.97 Å². The molecule has 1 aromatic heterocycles. The molecule has 0 spiro atoms. The fourth-order valence-corrected chi connectivity index (χ4v) is 1.42. The van der Waals surface area contributed by atoms with Gasteiger partial charge in [-0.25, -0.2) is 9.97 Å². The van der Waals surface area contributed by atoms with Crippen LogP contribution in [0.4, 0.5) is 0 Å². The Morgan fingerprint density at radius 1 is 1.57 bits per heavy atom. The molecule has 0 radical (unpaired) electrons. The Balaban J connectivity index is 2.22. The number of aromatic nitrogens is 2. The van der Waals surface area contributed by atoms with Crippen LogP contribution in [0.25, 0.3) is 0 Å². The Labute approximate surface area is 82.3 Å². The van der Waals surface area contributed by atoms with E-state index in [1.54, 1.807) is 25.4 Å². The van der Waals surface area contributed by atoms with E-state index in [4.69, 9.17) is 4.74 Å². The standard InChI is InChI=1S/C10H12N2O2/c1-7-11-4-2-9(12-7)10(13)8-3-5-14-6-8/h2,4,6,10,13H,3,5H2,1H3. The van der Waals surface area contributed by atoms with Gasteiger partial charge in [0.25, 0.3) is 0 Å². The third-order valence-electron chi connectivity index (χ3n) is 2.17. The molecule has 1 N–H and O–H groups in total. The summed E-state index contributed by atoms with van der Waals surface area (Å²) in [7, 11) is 0. The highest BCUT2D eigenvalue weighted by molar-refractivity contribution is 5.19. The van der Waals surface area contributed by atoms with Crippen LogP contribution in [0.15, 0.2) is 24.1 Å². The second-order valence-electron chi connectivity index (χ2n) is 3.24. The third-order valence-corrected chi connectivity index (χ3v) is 2.17. The van der Waals surface area contributed by atoms with Crippen molar-refractivity contribution in [2.45, 2.75) is 19.4 Å². The lowest BCUT2D eigenvalue weighted by Crippen LogP contribution is -2.04. The molecule has 1 aliphatic heterocycles. The second-order valence-corrected chi connectivity index (χ2v) is 3.24. The number of aliphatic hydroxyl groups is 1. The van der Waals surface area contributed by atoms with Gasteiger partial charge >= 0.3 is 0 Å². The summed E-state index contributed by atoms with van der Waals surface area (Å²) in [6.07, 6.45) is 3.38. The molecule has 1 atom stereocenters. The molecule has 0 saturated carbocycles. The van der Waals surface area contributed by atoms with Gasteiger partial charge in [0.2, 0.25) is 0 Å². The molecule has 74 valence electrons. The van der Waals surface area contributed by atoms with Gasteiger partial charge in [-0.05, 0) is 13.0 Å². The molecule has 1 aliphatic rings. The van der Waals surface area contributed by atoms with Crippen LogP contribution in [0.1, 0.15) is 24.0 Å². The average molecular weight is 192 g/mol. The van der Waals surface area contributed by atoms with E-state index in [0.717, 1.165) is 12.0 Å². The Hall–Kier alpha value is -1.42. The summed E-state index contributed by atoms with van der Waals surface area (Å²) in [4.78, 5) is 8.14. The van der Waals surface area contributed by atoms with Crippen LogP contribution in [0.5, 0.6) is 0 Å². The molecular formula is C10H12N2O2. The number of aliphatic hydroxyl groups excluding tert-OH is 1. The molecule has 2 heterocycles. The minimum absolute atomic E-state index is 0.634. The highest BCUT2D eigenvalue weighted by Gasteiger charge is 2.18. The van der Waals surface area contributed by atoms with E-state index in [0.29, 0.717) is 18.1 Å². The summed E-state index contributed by atoms with van der Waals surface area (Å²) in [5.41, 5.74) is 1.51. The van der Waals surface area contributed by atoms with Gasteiger partial charge in [0, 0.05) is 18.2 Å². The van der Waals surface area contributed by atoms with E-state index in [1.807, 2.05) is 0 Å². The van der Waals surface area contributed by atoms with E-state index >= 15 is 0 Å². The highest BCUT2D eigenvalue weighted by atomic mass is 16.5. The molecule has 0 bridgehead atoms. The number of aryl methyl sites for hydroxylation is 1. The number of nitrogens with zero attached hydrogens (tertiary/aromatic N) is 2. The topological polar surface area (TPSA) is 55.2 Å². The molecule has 0 aromatic carbocycles. The van der Waals surface area contributed by atoms with Gasteiger partial charge in [0.05, 0.1) is 18.6 Å². The highest BCUT2D eigenvalue weighted by Crippen LogP contribution is 2.25. The first-order valence-electron chi connectivity index (χ1n) is 4.55. The Kier molecular flexibility index (Phi) is 2.45. The van der Waals surface area contributed by atoms with Crippen LogP contribution >= 0.6 is 0 Å². The van der Waals surface area contributed by atoms with Crippen LogP contribution in [-0.2, 0) is 4.74 Å². The van der Waals surface area contributed by atoms with Crippen molar-refractivity contribution in [1.82, 2.24) is 9.97 Å². The number of hydrogen-bond donors (Lipinski definition) is 1. The predicted octanol–water partition coefficient (Wildman–Crippen LogP) is 1.12. The van der Waals surface area contributed by atoms with Crippen LogP contribution in [0, 0.1) is 6.92 Å². The van der Waals surface area contributed by atoms with Crippen molar-refractivity contribution in [2.75, 3.05) is 6.61 Å². The van der Waals surface area contributed by atoms with Gasteiger partial charge in [-0.3, -0.25) is 0 Å². The summed E-state index contributed by atoms with van der Waals surface area (Å²) in [5.74, 6) is 0.668. The Bertz CT molecular complexity index is 363. The fraction of sp³-hybridized carbons (Fsp3) is 0.400. The quantitative estimate of drug-likeness (QED) is 0.763. The molecule has 0 fully saturated rings. The molecule has 4 nitrogen and oxygen atoms in total. The molecule has 0 saturated heterocycles. The fourth-order valence-electron chi connectivity index (χ4n) is 1.42. The zero-order chi connectivity index (χ0) is 9.97. The second kappa shape index (κ2) is 3.75. The lowest BCUT2D eigenvalue weighted by molar-refractivity contribution is 0.207. The van der Waals surface area contributed by atoms with Gasteiger partial charge in [0.15, 0.2) is 0 Å². The molecule has 0 amide bonds. The van der Waals surface area contributed by atoms with Crippen molar-refractivity contribution in [3.63, 3.8) is 0 Å². The van der Waals surface area contributed by atoms with Gasteiger partial charge in [0.1, 0.15) is 11.9 Å². The molecule has 14 heavy (non-hydrogen) atoms. The van der Waals surface area contributed by atoms with Crippen molar-refractivity contribution in [3.05, 3.63) is 35.6 Å². The van der Waals surface area contributed by atoms with Crippen LogP contribution < -0.4 is 0 Å². The SMILES string of the molecule is Cc1nccc(C(O)C2=COCC2)n1. The Morgan fingerprint density at radius 2 is 2.43 bits per heavy atom. The molecule has 1 aromatic rings. The summed E-state index contributed by atoms with van der Waals surface area (Å²) in [5, 5.41) is 9.91. The lowest BCUT2D eigenvalue weighted by Gasteiger charge is -2.09. The summed E-state index contributed by atoms with van der Waals surface area (Å²) in [6, 6.07) is 1.72. The molecule has 4 heteroatoms. The van der Waals surface area contributed by atoms with Crippen LogP contribution in [0.2, 0.25) is 0 Å². The van der Waals surface area contributed by atoms with Crippen molar-refractivity contribution in [2.24, 2.45) is 0 Å². The zero-order valence-corrected chi connectivity index (χ0v) is 7.97.